The molecule has 19 heavy (non-hydrogen) atoms. The summed E-state index contributed by atoms with van der Waals surface area (Å²) in [5.74, 6) is 0.629. The molecule has 0 aromatic rings. The minimum absolute atomic E-state index is 0.240. The van der Waals surface area contributed by atoms with Crippen molar-refractivity contribution in [1.82, 2.24) is 5.32 Å². The van der Waals surface area contributed by atoms with Gasteiger partial charge >= 0.3 is 0 Å². The smallest absolute Gasteiger partial charge is 0.0897 e. The molecule has 0 aromatic heterocycles. The maximum Gasteiger partial charge on any atom is 0.0897 e. The third kappa shape index (κ3) is 12.6. The quantitative estimate of drug-likeness (QED) is 0.424. The van der Waals surface area contributed by atoms with Gasteiger partial charge in [0, 0.05) is 19.8 Å². The molecule has 0 aliphatic carbocycles. The van der Waals surface area contributed by atoms with E-state index in [1.54, 1.807) is 0 Å². The Morgan fingerprint density at radius 2 is 1.89 bits per heavy atom. The molecule has 0 aromatic carbocycles. The van der Waals surface area contributed by atoms with E-state index in [1.807, 2.05) is 0 Å². The van der Waals surface area contributed by atoms with Crippen LogP contribution >= 0.6 is 0 Å². The SMILES string of the molecule is CCCCC(CC)COCC(O)CNCCCCO. The zero-order valence-electron chi connectivity index (χ0n) is 12.7. The van der Waals surface area contributed by atoms with Gasteiger partial charge in [0.25, 0.3) is 0 Å². The summed E-state index contributed by atoms with van der Waals surface area (Å²) in [5, 5.41) is 21.5. The molecule has 0 rings (SSSR count). The Kier molecular flexibility index (Phi) is 14.1. The van der Waals surface area contributed by atoms with Crippen LogP contribution in [0.5, 0.6) is 0 Å². The third-order valence-electron chi connectivity index (χ3n) is 3.35. The number of aliphatic hydroxyl groups excluding tert-OH is 2. The van der Waals surface area contributed by atoms with Crippen molar-refractivity contribution in [3.8, 4) is 0 Å². The summed E-state index contributed by atoms with van der Waals surface area (Å²) in [6.07, 6.45) is 6.19. The van der Waals surface area contributed by atoms with Crippen LogP contribution in [0.4, 0.5) is 0 Å². The number of aliphatic hydroxyl groups is 2. The topological polar surface area (TPSA) is 61.7 Å². The van der Waals surface area contributed by atoms with E-state index in [-0.39, 0.29) is 6.61 Å². The Morgan fingerprint density at radius 1 is 1.11 bits per heavy atom. The minimum Gasteiger partial charge on any atom is -0.396 e. The second-order valence-corrected chi connectivity index (χ2v) is 5.24. The predicted molar refractivity (Wildman–Crippen MR) is 79.3 cm³/mol. The summed E-state index contributed by atoms with van der Waals surface area (Å²) in [7, 11) is 0. The van der Waals surface area contributed by atoms with Crippen molar-refractivity contribution in [1.29, 1.82) is 0 Å². The Labute approximate surface area is 118 Å². The molecule has 0 saturated heterocycles. The maximum absolute atomic E-state index is 9.73. The monoisotopic (exact) mass is 275 g/mol. The molecule has 116 valence electrons. The third-order valence-corrected chi connectivity index (χ3v) is 3.35. The average molecular weight is 275 g/mol. The van der Waals surface area contributed by atoms with Gasteiger partial charge in [-0.15, -0.1) is 0 Å². The van der Waals surface area contributed by atoms with Crippen molar-refractivity contribution in [2.24, 2.45) is 5.92 Å². The first-order valence-electron chi connectivity index (χ1n) is 7.81. The number of hydrogen-bond acceptors (Lipinski definition) is 4. The molecule has 0 aliphatic heterocycles. The second kappa shape index (κ2) is 14.3. The molecule has 2 unspecified atom stereocenters. The average Bonchev–Trinajstić information content (AvgIpc) is 2.42. The highest BCUT2D eigenvalue weighted by Gasteiger charge is 2.08. The van der Waals surface area contributed by atoms with Gasteiger partial charge in [0.05, 0.1) is 12.7 Å². The molecular formula is C15H33NO3. The molecule has 0 heterocycles. The van der Waals surface area contributed by atoms with E-state index < -0.39 is 6.10 Å². The van der Waals surface area contributed by atoms with Crippen LogP contribution in [0.25, 0.3) is 0 Å². The minimum atomic E-state index is -0.433. The molecule has 2 atom stereocenters. The van der Waals surface area contributed by atoms with Crippen molar-refractivity contribution >= 4 is 0 Å². The van der Waals surface area contributed by atoms with Crippen LogP contribution in [0.2, 0.25) is 0 Å². The number of rotatable bonds is 14. The van der Waals surface area contributed by atoms with E-state index in [4.69, 9.17) is 9.84 Å². The first kappa shape index (κ1) is 18.8. The molecule has 0 saturated carbocycles. The van der Waals surface area contributed by atoms with Gasteiger partial charge in [-0.1, -0.05) is 33.1 Å². The van der Waals surface area contributed by atoms with E-state index in [1.165, 1.54) is 19.3 Å². The molecular weight excluding hydrogens is 242 g/mol. The van der Waals surface area contributed by atoms with Gasteiger partial charge in [-0.3, -0.25) is 0 Å². The lowest BCUT2D eigenvalue weighted by molar-refractivity contribution is 0.0194. The Hall–Kier alpha value is -0.160. The molecule has 0 bridgehead atoms. The summed E-state index contributed by atoms with van der Waals surface area (Å²) >= 11 is 0. The van der Waals surface area contributed by atoms with Crippen molar-refractivity contribution in [3.05, 3.63) is 0 Å². The van der Waals surface area contributed by atoms with Crippen molar-refractivity contribution in [2.45, 2.75) is 58.5 Å². The predicted octanol–water partition coefficient (Wildman–Crippen LogP) is 1.94. The fourth-order valence-electron chi connectivity index (χ4n) is 1.96. The largest absolute Gasteiger partial charge is 0.396 e. The normalized spacial score (nSPS) is 14.5. The summed E-state index contributed by atoms with van der Waals surface area (Å²) in [6, 6.07) is 0. The van der Waals surface area contributed by atoms with Gasteiger partial charge in [0.1, 0.15) is 0 Å². The molecule has 4 heteroatoms. The van der Waals surface area contributed by atoms with E-state index in [2.05, 4.69) is 19.2 Å². The molecule has 0 aliphatic rings. The van der Waals surface area contributed by atoms with E-state index >= 15 is 0 Å². The molecule has 0 amide bonds. The van der Waals surface area contributed by atoms with Crippen LogP contribution in [0.1, 0.15) is 52.4 Å². The van der Waals surface area contributed by atoms with E-state index in [0.29, 0.717) is 19.1 Å². The van der Waals surface area contributed by atoms with Crippen LogP contribution in [-0.4, -0.2) is 49.2 Å². The van der Waals surface area contributed by atoms with Gasteiger partial charge in [0.2, 0.25) is 0 Å². The van der Waals surface area contributed by atoms with Crippen LogP contribution in [0.3, 0.4) is 0 Å². The highest BCUT2D eigenvalue weighted by Crippen LogP contribution is 2.12. The van der Waals surface area contributed by atoms with Crippen LogP contribution < -0.4 is 5.32 Å². The number of unbranched alkanes of at least 4 members (excludes halogenated alkanes) is 2. The van der Waals surface area contributed by atoms with Crippen molar-refractivity contribution in [3.63, 3.8) is 0 Å². The lowest BCUT2D eigenvalue weighted by Crippen LogP contribution is -2.31. The van der Waals surface area contributed by atoms with Crippen LogP contribution in [-0.2, 0) is 4.74 Å². The van der Waals surface area contributed by atoms with Gasteiger partial charge in [0.15, 0.2) is 0 Å². The Bertz CT molecular complexity index is 179. The van der Waals surface area contributed by atoms with Crippen molar-refractivity contribution in [2.75, 3.05) is 32.9 Å². The fourth-order valence-corrected chi connectivity index (χ4v) is 1.96. The second-order valence-electron chi connectivity index (χ2n) is 5.24. The summed E-state index contributed by atoms with van der Waals surface area (Å²) in [5.41, 5.74) is 0. The van der Waals surface area contributed by atoms with Crippen LogP contribution in [0.15, 0.2) is 0 Å². The summed E-state index contributed by atoms with van der Waals surface area (Å²) in [6.45, 7) is 7.22. The summed E-state index contributed by atoms with van der Waals surface area (Å²) in [4.78, 5) is 0. The zero-order chi connectivity index (χ0) is 14.3. The van der Waals surface area contributed by atoms with E-state index in [0.717, 1.165) is 32.4 Å². The van der Waals surface area contributed by atoms with Gasteiger partial charge < -0.3 is 20.3 Å². The number of ether oxygens (including phenoxy) is 1. The van der Waals surface area contributed by atoms with Gasteiger partial charge in [-0.25, -0.2) is 0 Å². The fraction of sp³-hybridized carbons (Fsp3) is 1.00. The maximum atomic E-state index is 9.73. The van der Waals surface area contributed by atoms with Gasteiger partial charge in [-0.2, -0.15) is 0 Å². The molecule has 3 N–H and O–H groups in total. The first-order valence-corrected chi connectivity index (χ1v) is 7.81. The number of nitrogens with one attached hydrogen (secondary N) is 1. The van der Waals surface area contributed by atoms with Gasteiger partial charge in [-0.05, 0) is 31.7 Å². The van der Waals surface area contributed by atoms with E-state index in [9.17, 15) is 5.11 Å². The summed E-state index contributed by atoms with van der Waals surface area (Å²) < 4.78 is 5.59. The highest BCUT2D eigenvalue weighted by atomic mass is 16.5. The number of hydrogen-bond donors (Lipinski definition) is 3. The molecule has 0 radical (unpaired) electrons. The standard InChI is InChI=1S/C15H33NO3/c1-3-5-8-14(4-2)12-19-13-15(18)11-16-9-6-7-10-17/h14-18H,3-13H2,1-2H3. The molecule has 4 nitrogen and oxygen atoms in total. The lowest BCUT2D eigenvalue weighted by Gasteiger charge is -2.17. The highest BCUT2D eigenvalue weighted by molar-refractivity contribution is 4.60. The van der Waals surface area contributed by atoms with Crippen LogP contribution in [0, 0.1) is 5.92 Å². The Balaban J connectivity index is 3.42. The lowest BCUT2D eigenvalue weighted by atomic mass is 10.0. The zero-order valence-corrected chi connectivity index (χ0v) is 12.7. The molecule has 0 spiro atoms. The molecule has 0 fully saturated rings. The Morgan fingerprint density at radius 3 is 2.53 bits per heavy atom. The van der Waals surface area contributed by atoms with Crippen molar-refractivity contribution < 1.29 is 14.9 Å². The first-order chi connectivity index (χ1) is 9.24.